The molecule has 30 bridgehead atoms. The normalized spacial score (nSPS) is 18.0. The molecule has 0 saturated heterocycles. The van der Waals surface area contributed by atoms with Gasteiger partial charge in [0.1, 0.15) is 23.0 Å². The minimum Gasteiger partial charge on any atom is -0.493 e. The van der Waals surface area contributed by atoms with Crippen molar-refractivity contribution < 1.29 is 75.8 Å². The van der Waals surface area contributed by atoms with Gasteiger partial charge in [0.25, 0.3) is 0 Å². The lowest BCUT2D eigenvalue weighted by atomic mass is 9.75. The van der Waals surface area contributed by atoms with E-state index in [0.717, 1.165) is 237 Å². The number of rotatable bonds is 16. The topological polar surface area (TPSA) is 205 Å². The third kappa shape index (κ3) is 16.8. The molecule has 0 fully saturated rings. The first-order valence-corrected chi connectivity index (χ1v) is 48.8. The van der Waals surface area contributed by atoms with E-state index in [2.05, 4.69) is 183 Å². The number of H-pyrrole nitrogens is 2. The highest BCUT2D eigenvalue weighted by Gasteiger charge is 2.44. The Balaban J connectivity index is 0.886. The Hall–Kier alpha value is -12.8. The number of unbranched alkanes of at least 4 members (excludes halogenated alkanes) is 8. The molecule has 11 aromatic rings. The molecule has 11 aliphatic rings. The van der Waals surface area contributed by atoms with Crippen molar-refractivity contribution in [3.63, 3.8) is 0 Å². The summed E-state index contributed by atoms with van der Waals surface area (Å²) < 4.78 is 119. The Morgan fingerprint density at radius 1 is 0.235 bits per heavy atom. The molecule has 8 aromatic carbocycles. The molecule has 0 radical (unpaired) electrons. The second-order valence-electron chi connectivity index (χ2n) is 36.1. The number of para-hydroxylation sites is 4. The molecule has 0 amide bonds. The van der Waals surface area contributed by atoms with Crippen LogP contribution < -0.4 is 75.8 Å². The molecule has 132 heavy (non-hydrogen) atoms. The first-order valence-electron chi connectivity index (χ1n) is 48.8. The summed E-state index contributed by atoms with van der Waals surface area (Å²) in [6.07, 6.45) is 27.7. The Kier molecular flexibility index (Phi) is 25.6. The molecule has 0 saturated carbocycles. The molecule has 0 aliphatic carbocycles. The van der Waals surface area contributed by atoms with Gasteiger partial charge in [0.05, 0.1) is 75.6 Å². The van der Waals surface area contributed by atoms with Crippen molar-refractivity contribution >= 4 is 46.4 Å². The van der Waals surface area contributed by atoms with E-state index in [1.54, 1.807) is 0 Å². The zero-order valence-corrected chi connectivity index (χ0v) is 76.4. The van der Waals surface area contributed by atoms with Crippen LogP contribution in [0.5, 0.6) is 92.0 Å². The predicted molar refractivity (Wildman–Crippen MR) is 516 cm³/mol. The van der Waals surface area contributed by atoms with Crippen LogP contribution in [0.15, 0.2) is 146 Å². The minimum absolute atomic E-state index is 0.208. The van der Waals surface area contributed by atoms with E-state index in [0.29, 0.717) is 170 Å². The van der Waals surface area contributed by atoms with Gasteiger partial charge in [-0.2, -0.15) is 0 Å². The minimum atomic E-state index is -0.370. The van der Waals surface area contributed by atoms with Gasteiger partial charge in [-0.3, -0.25) is 0 Å². The number of hydrogen-bond donors (Lipinski definition) is 2. The van der Waals surface area contributed by atoms with E-state index in [1.807, 2.05) is 24.3 Å². The molecule has 682 valence electrons. The summed E-state index contributed by atoms with van der Waals surface area (Å²) in [6, 6.07) is 51.6. The summed E-state index contributed by atoms with van der Waals surface area (Å²) >= 11 is 0. The van der Waals surface area contributed by atoms with Gasteiger partial charge in [-0.05, 0) is 174 Å². The second-order valence-corrected chi connectivity index (χ2v) is 36.1. The first-order chi connectivity index (χ1) is 65.4. The molecule has 11 aliphatic heterocycles. The third-order valence-corrected chi connectivity index (χ3v) is 27.6. The van der Waals surface area contributed by atoms with Crippen molar-refractivity contribution in [3.8, 4) is 136 Å². The number of nitrogens with one attached hydrogen (secondary N) is 2. The average molecular weight is 1780 g/mol. The number of aromatic nitrogens is 4. The fraction of sp³-hybridized carbons (Fsp3) is 0.393. The third-order valence-electron chi connectivity index (χ3n) is 27.6. The summed E-state index contributed by atoms with van der Waals surface area (Å²) in [6.45, 7) is 10.8. The van der Waals surface area contributed by atoms with Crippen molar-refractivity contribution in [3.05, 3.63) is 213 Å². The first kappa shape index (κ1) is 85.9. The highest BCUT2D eigenvalue weighted by Crippen LogP contribution is 2.64. The fourth-order valence-corrected chi connectivity index (χ4v) is 21.1. The summed E-state index contributed by atoms with van der Waals surface area (Å²) in [4.78, 5) is 19.8. The van der Waals surface area contributed by atoms with Gasteiger partial charge in [-0.1, -0.05) is 178 Å². The van der Waals surface area contributed by atoms with Gasteiger partial charge < -0.3 is 85.8 Å². The van der Waals surface area contributed by atoms with Crippen LogP contribution in [0.2, 0.25) is 0 Å². The van der Waals surface area contributed by atoms with Gasteiger partial charge >= 0.3 is 0 Å². The van der Waals surface area contributed by atoms with Crippen LogP contribution in [-0.2, 0) is 0 Å². The van der Waals surface area contributed by atoms with Crippen LogP contribution in [0.25, 0.3) is 90.9 Å². The largest absolute Gasteiger partial charge is 0.493 e. The summed E-state index contributed by atoms with van der Waals surface area (Å²) in [5, 5.41) is 0. The van der Waals surface area contributed by atoms with Crippen LogP contribution in [0.1, 0.15) is 273 Å². The van der Waals surface area contributed by atoms with Crippen molar-refractivity contribution in [1.29, 1.82) is 0 Å². The maximum absolute atomic E-state index is 7.61. The average Bonchev–Trinajstić information content (AvgIpc) is 0.977. The number of aromatic amines is 2. The molecular weight excluding hydrogens is 1660 g/mol. The molecule has 22 rings (SSSR count). The summed E-state index contributed by atoms with van der Waals surface area (Å²) in [5.41, 5.74) is 20.7. The Morgan fingerprint density at radius 2 is 0.439 bits per heavy atom. The molecule has 2 N–H and O–H groups in total. The van der Waals surface area contributed by atoms with Crippen LogP contribution in [0, 0.1) is 0 Å². The lowest BCUT2D eigenvalue weighted by Gasteiger charge is -2.37. The molecule has 0 spiro atoms. The number of benzene rings is 8. The quantitative estimate of drug-likeness (QED) is 0.0863. The summed E-state index contributed by atoms with van der Waals surface area (Å²) in [7, 11) is 0. The van der Waals surface area contributed by atoms with Gasteiger partial charge in [0.15, 0.2) is 46.0 Å². The lowest BCUT2D eigenvalue weighted by Crippen LogP contribution is -2.24. The van der Waals surface area contributed by atoms with E-state index in [-0.39, 0.29) is 77.3 Å². The van der Waals surface area contributed by atoms with Crippen LogP contribution in [0.3, 0.4) is 0 Å². The molecule has 0 atom stereocenters. The SMILES string of the molecule is CCCCCC1c2cc3c4c5c2OCOc2c1cc1c6c2OCCCCOc2ccccc2-c2c7nc(c(c8ccc([nH]8)c8c9nc(c(c%10ccc2[nH]%10)-c2ccccc2OCCCCOc2c(c(cc%10c2OCOc2c(cc(c(c2OCCCCOc2ccccc2-8)OCO4)C3CCCCC)C%10CCCCC)C1CCCCC)OCO6)C=C9)-c1ccccc1OCCCCO5)C=C7. The van der Waals surface area contributed by atoms with E-state index in [1.165, 1.54) is 0 Å². The van der Waals surface area contributed by atoms with Gasteiger partial charge in [-0.25, -0.2) is 9.97 Å². The molecule has 3 aromatic heterocycles. The number of ether oxygens (including phenoxy) is 16. The van der Waals surface area contributed by atoms with Crippen LogP contribution in [-0.4, -0.2) is 100.0 Å². The number of nitrogens with zero attached hydrogens (tertiary/aromatic N) is 2. The maximum atomic E-state index is 7.61. The number of fused-ring (bicyclic) bond motifs is 14. The predicted octanol–water partition coefficient (Wildman–Crippen LogP) is 27.3. The van der Waals surface area contributed by atoms with Gasteiger partial charge in [0.2, 0.25) is 50.2 Å². The number of hydrogen-bond acceptors (Lipinski definition) is 18. The van der Waals surface area contributed by atoms with Crippen molar-refractivity contribution in [1.82, 2.24) is 19.9 Å². The standard InChI is InChI=1S/C112H118N4O16/c1-5-9-13-33-69-77-61-79-70(34-14-10-6-2)81-63-83-72(36-16-12-8-4)84-64-82-71(35-15-11-7-3)80-62-78(69)102-110-104(80)128-67-130-106(82)112-108(84)132-68-131-107(83)111-105(81)129-66-127-103(79)109(101(77)125-65-126-102)121-57-29-25-53-117-93-41-21-17-37-73(93)97-85-45-46-86(113-85)98(74-38-18-22-42-94(74)118-54-26-30-58-122-110)88-48-50-90(115-88)100(76-40-20-24-44-96(76)120-56-28-32-60-124-112)92-52-51-91(116-92)99(89-49-47-87(97)114-89)75-39-19-23-43-95(75)119-55-27-31-59-123-111/h17-24,37-52,61-64,69-72,113,116H,5-16,25-36,53-60,65-68H2,1-4H3. The molecule has 20 heteroatoms. The van der Waals surface area contributed by atoms with E-state index in [9.17, 15) is 0 Å². The Bertz CT molecular complexity index is 5490. The Morgan fingerprint density at radius 3 is 0.652 bits per heavy atom. The molecule has 0 unspecified atom stereocenters. The fourth-order valence-electron chi connectivity index (χ4n) is 21.1. The lowest BCUT2D eigenvalue weighted by molar-refractivity contribution is 0.0818. The highest BCUT2D eigenvalue weighted by atomic mass is 16.7. The monoisotopic (exact) mass is 1770 g/mol. The van der Waals surface area contributed by atoms with Crippen molar-refractivity contribution in [2.45, 2.75) is 205 Å². The van der Waals surface area contributed by atoms with E-state index in [4.69, 9.17) is 85.8 Å². The zero-order valence-electron chi connectivity index (χ0n) is 76.4. The second kappa shape index (κ2) is 39.3. The molecular formula is C112H118N4O16. The molecule has 20 nitrogen and oxygen atoms in total. The van der Waals surface area contributed by atoms with E-state index >= 15 is 0 Å². The Labute approximate surface area is 772 Å². The smallest absolute Gasteiger partial charge is 0.231 e. The van der Waals surface area contributed by atoms with Crippen molar-refractivity contribution in [2.24, 2.45) is 0 Å². The van der Waals surface area contributed by atoms with Gasteiger partial charge in [-0.15, -0.1) is 0 Å². The van der Waals surface area contributed by atoms with Crippen molar-refractivity contribution in [2.75, 3.05) is 80.0 Å². The zero-order chi connectivity index (χ0) is 88.8. The van der Waals surface area contributed by atoms with Crippen LogP contribution >= 0.6 is 0 Å². The molecule has 14 heterocycles. The highest BCUT2D eigenvalue weighted by molar-refractivity contribution is 6.02. The maximum Gasteiger partial charge on any atom is 0.231 e. The van der Waals surface area contributed by atoms with Gasteiger partial charge in [0, 0.05) is 135 Å². The van der Waals surface area contributed by atoms with Crippen LogP contribution in [0.4, 0.5) is 0 Å². The van der Waals surface area contributed by atoms with E-state index < -0.39 is 0 Å². The summed E-state index contributed by atoms with van der Waals surface area (Å²) in [5.74, 6) is 7.83.